The zero-order valence-electron chi connectivity index (χ0n) is 31.3. The summed E-state index contributed by atoms with van der Waals surface area (Å²) in [6, 6.07) is 11.5. The standard InChI is InChI=1S/C38H52N2O10/c1-23(2)31(39(11)35(45)49-37(5,6)7)33(43)47-21-29(41)27-17-13-25(14-18-27)26-15-19-28(20-16-26)30(42)22-48-34(44)32(24(3)4)40(12)36(46)50-38(8,9)10/h13-20,23-24,31-32H,21-22H2,1-12H3/t31-,32-/m0/s1. The second kappa shape index (κ2) is 17.3. The number of carbonyl (C=O) groups excluding carboxylic acids is 6. The lowest BCUT2D eigenvalue weighted by atomic mass is 10.0. The van der Waals surface area contributed by atoms with Gasteiger partial charge < -0.3 is 18.9 Å². The number of nitrogens with zero attached hydrogens (tertiary/aromatic N) is 2. The number of amides is 2. The number of likely N-dealkylation sites (N-methyl/N-ethyl adjacent to an activating group) is 2. The van der Waals surface area contributed by atoms with Gasteiger partial charge in [0.25, 0.3) is 0 Å². The molecule has 0 aliphatic heterocycles. The Labute approximate surface area is 295 Å². The van der Waals surface area contributed by atoms with Crippen LogP contribution in [0.5, 0.6) is 0 Å². The van der Waals surface area contributed by atoms with Gasteiger partial charge in [-0.2, -0.15) is 0 Å². The molecule has 0 aromatic heterocycles. The van der Waals surface area contributed by atoms with Crippen LogP contribution in [0.2, 0.25) is 0 Å². The minimum absolute atomic E-state index is 0.291. The van der Waals surface area contributed by atoms with Gasteiger partial charge in [-0.1, -0.05) is 76.2 Å². The molecule has 50 heavy (non-hydrogen) atoms. The van der Waals surface area contributed by atoms with Crippen molar-refractivity contribution in [1.29, 1.82) is 0 Å². The number of ketones is 2. The van der Waals surface area contributed by atoms with Crippen LogP contribution in [-0.2, 0) is 28.5 Å². The number of rotatable bonds is 13. The zero-order valence-corrected chi connectivity index (χ0v) is 31.3. The molecule has 2 aromatic carbocycles. The highest BCUT2D eigenvalue weighted by Gasteiger charge is 2.35. The maximum atomic E-state index is 12.9. The van der Waals surface area contributed by atoms with Crippen LogP contribution < -0.4 is 0 Å². The van der Waals surface area contributed by atoms with E-state index in [1.807, 2.05) is 0 Å². The molecule has 0 radical (unpaired) electrons. The van der Waals surface area contributed by atoms with E-state index in [0.717, 1.165) is 11.1 Å². The molecule has 0 spiro atoms. The molecule has 2 rings (SSSR count). The molecule has 12 heteroatoms. The third-order valence-electron chi connectivity index (χ3n) is 7.38. The van der Waals surface area contributed by atoms with Crippen LogP contribution in [0, 0.1) is 11.8 Å². The van der Waals surface area contributed by atoms with E-state index in [0.29, 0.717) is 11.1 Å². The number of hydrogen-bond acceptors (Lipinski definition) is 10. The Morgan fingerprint density at radius 3 is 1.06 bits per heavy atom. The maximum absolute atomic E-state index is 12.9. The number of Topliss-reactive ketones (excluding diaryl/α,β-unsaturated/α-hetero) is 2. The molecule has 274 valence electrons. The van der Waals surface area contributed by atoms with Crippen molar-refractivity contribution >= 4 is 35.7 Å². The molecular weight excluding hydrogens is 644 g/mol. The molecule has 2 amide bonds. The highest BCUT2D eigenvalue weighted by molar-refractivity contribution is 5.99. The second-order valence-corrected chi connectivity index (χ2v) is 14.8. The summed E-state index contributed by atoms with van der Waals surface area (Å²) in [5.74, 6) is -2.84. The first kappa shape index (κ1) is 41.4. The molecule has 0 bridgehead atoms. The monoisotopic (exact) mass is 696 g/mol. The molecule has 0 unspecified atom stereocenters. The first-order chi connectivity index (χ1) is 23.0. The number of benzene rings is 2. The third-order valence-corrected chi connectivity index (χ3v) is 7.38. The predicted molar refractivity (Wildman–Crippen MR) is 188 cm³/mol. The van der Waals surface area contributed by atoms with E-state index in [4.69, 9.17) is 18.9 Å². The lowest BCUT2D eigenvalue weighted by Gasteiger charge is -2.31. The van der Waals surface area contributed by atoms with Crippen molar-refractivity contribution in [3.8, 4) is 11.1 Å². The van der Waals surface area contributed by atoms with E-state index in [2.05, 4.69) is 0 Å². The fraction of sp³-hybridized carbons (Fsp3) is 0.526. The summed E-state index contributed by atoms with van der Waals surface area (Å²) in [4.78, 5) is 78.8. The Kier molecular flexibility index (Phi) is 14.3. The van der Waals surface area contributed by atoms with E-state index in [1.165, 1.54) is 23.9 Å². The van der Waals surface area contributed by atoms with Gasteiger partial charge in [0.1, 0.15) is 23.3 Å². The van der Waals surface area contributed by atoms with Crippen molar-refractivity contribution in [3.63, 3.8) is 0 Å². The van der Waals surface area contributed by atoms with Gasteiger partial charge in [-0.05, 0) is 64.5 Å². The molecule has 2 atom stereocenters. The predicted octanol–water partition coefficient (Wildman–Crippen LogP) is 6.59. The highest BCUT2D eigenvalue weighted by atomic mass is 16.6. The molecule has 0 saturated heterocycles. The van der Waals surface area contributed by atoms with Crippen LogP contribution in [-0.4, -0.2) is 96.1 Å². The van der Waals surface area contributed by atoms with Gasteiger partial charge >= 0.3 is 24.1 Å². The molecule has 2 aromatic rings. The molecular formula is C38H52N2O10. The summed E-state index contributed by atoms with van der Waals surface area (Å²) in [6.45, 7) is 16.4. The van der Waals surface area contributed by atoms with Crippen molar-refractivity contribution in [2.45, 2.75) is 92.5 Å². The Hall–Kier alpha value is -4.74. The lowest BCUT2D eigenvalue weighted by molar-refractivity contribution is -0.150. The number of carbonyl (C=O) groups is 6. The van der Waals surface area contributed by atoms with E-state index >= 15 is 0 Å². The molecule has 0 aliphatic rings. The molecule has 0 fully saturated rings. The Morgan fingerprint density at radius 2 is 0.820 bits per heavy atom. The number of esters is 2. The number of hydrogen-bond donors (Lipinski definition) is 0. The van der Waals surface area contributed by atoms with Crippen LogP contribution in [0.25, 0.3) is 11.1 Å². The Bertz CT molecular complexity index is 1400. The Morgan fingerprint density at radius 1 is 0.540 bits per heavy atom. The first-order valence-corrected chi connectivity index (χ1v) is 16.5. The van der Waals surface area contributed by atoms with Gasteiger partial charge in [0.15, 0.2) is 24.8 Å². The Balaban J connectivity index is 2.00. The van der Waals surface area contributed by atoms with E-state index in [1.54, 1.807) is 118 Å². The van der Waals surface area contributed by atoms with Crippen molar-refractivity contribution in [2.75, 3.05) is 27.3 Å². The largest absolute Gasteiger partial charge is 0.456 e. The van der Waals surface area contributed by atoms with Crippen molar-refractivity contribution in [3.05, 3.63) is 59.7 Å². The van der Waals surface area contributed by atoms with Gasteiger partial charge in [-0.3, -0.25) is 19.4 Å². The van der Waals surface area contributed by atoms with Crippen LogP contribution >= 0.6 is 0 Å². The quantitative estimate of drug-likeness (QED) is 0.128. The SMILES string of the molecule is CC(C)[C@@H](C(=O)OCC(=O)c1ccc(-c2ccc(C(=O)COC(=O)[C@H](C(C)C)N(C)C(=O)OC(C)(C)C)cc2)cc1)N(C)C(=O)OC(C)(C)C. The molecule has 0 heterocycles. The first-order valence-electron chi connectivity index (χ1n) is 16.5. The fourth-order valence-electron chi connectivity index (χ4n) is 4.96. The van der Waals surface area contributed by atoms with Crippen molar-refractivity contribution in [1.82, 2.24) is 9.80 Å². The highest BCUT2D eigenvalue weighted by Crippen LogP contribution is 2.22. The smallest absolute Gasteiger partial charge is 0.410 e. The minimum atomic E-state index is -0.940. The minimum Gasteiger partial charge on any atom is -0.456 e. The second-order valence-electron chi connectivity index (χ2n) is 14.8. The summed E-state index contributed by atoms with van der Waals surface area (Å²) in [5.41, 5.74) is 0.719. The van der Waals surface area contributed by atoms with Crippen LogP contribution in [0.1, 0.15) is 90.0 Å². The maximum Gasteiger partial charge on any atom is 0.410 e. The van der Waals surface area contributed by atoms with Crippen LogP contribution in [0.3, 0.4) is 0 Å². The summed E-state index contributed by atoms with van der Waals surface area (Å²) in [6.07, 6.45) is -1.34. The molecule has 0 N–H and O–H groups in total. The fourth-order valence-corrected chi connectivity index (χ4v) is 4.96. The van der Waals surface area contributed by atoms with E-state index in [-0.39, 0.29) is 11.8 Å². The van der Waals surface area contributed by atoms with E-state index < -0.39 is 72.2 Å². The average Bonchev–Trinajstić information content (AvgIpc) is 3.00. The summed E-state index contributed by atoms with van der Waals surface area (Å²) >= 11 is 0. The van der Waals surface area contributed by atoms with Gasteiger partial charge in [-0.25, -0.2) is 19.2 Å². The lowest BCUT2D eigenvalue weighted by Crippen LogP contribution is -2.48. The summed E-state index contributed by atoms with van der Waals surface area (Å²) in [5, 5.41) is 0. The van der Waals surface area contributed by atoms with E-state index in [9.17, 15) is 28.8 Å². The molecule has 12 nitrogen and oxygen atoms in total. The van der Waals surface area contributed by atoms with Crippen LogP contribution in [0.15, 0.2) is 48.5 Å². The molecule has 0 aliphatic carbocycles. The van der Waals surface area contributed by atoms with Gasteiger partial charge in [0, 0.05) is 25.2 Å². The normalized spacial score (nSPS) is 12.8. The van der Waals surface area contributed by atoms with Crippen molar-refractivity contribution < 1.29 is 47.7 Å². The molecule has 0 saturated carbocycles. The zero-order chi connectivity index (χ0) is 38.1. The third kappa shape index (κ3) is 12.3. The topological polar surface area (TPSA) is 146 Å². The van der Waals surface area contributed by atoms with Crippen LogP contribution in [0.4, 0.5) is 9.59 Å². The van der Waals surface area contributed by atoms with Gasteiger partial charge in [-0.15, -0.1) is 0 Å². The summed E-state index contributed by atoms with van der Waals surface area (Å²) in [7, 11) is 2.91. The number of ether oxygens (including phenoxy) is 4. The van der Waals surface area contributed by atoms with Gasteiger partial charge in [0.05, 0.1) is 0 Å². The van der Waals surface area contributed by atoms with Gasteiger partial charge in [0.2, 0.25) is 0 Å². The summed E-state index contributed by atoms with van der Waals surface area (Å²) < 4.78 is 21.3. The average molecular weight is 697 g/mol. The van der Waals surface area contributed by atoms with Crippen molar-refractivity contribution in [2.24, 2.45) is 11.8 Å².